The predicted molar refractivity (Wildman–Crippen MR) is 77.3 cm³/mol. The Kier molecular flexibility index (Phi) is 3.56. The van der Waals surface area contributed by atoms with E-state index in [1.54, 1.807) is 0 Å². The third-order valence-electron chi connectivity index (χ3n) is 4.42. The summed E-state index contributed by atoms with van der Waals surface area (Å²) >= 11 is 0. The van der Waals surface area contributed by atoms with Crippen LogP contribution in [0.4, 0.5) is 5.69 Å². The second-order valence-corrected chi connectivity index (χ2v) is 5.84. The van der Waals surface area contributed by atoms with Crippen molar-refractivity contribution in [2.24, 2.45) is 5.92 Å². The quantitative estimate of drug-likeness (QED) is 0.883. The number of carbonyl (C=O) groups is 1. The van der Waals surface area contributed by atoms with Gasteiger partial charge >= 0.3 is 0 Å². The summed E-state index contributed by atoms with van der Waals surface area (Å²) < 4.78 is 0. The molecule has 1 amide bonds. The summed E-state index contributed by atoms with van der Waals surface area (Å²) in [5.41, 5.74) is 2.45. The van der Waals surface area contributed by atoms with Gasteiger partial charge in [0.15, 0.2) is 0 Å². The fraction of sp³-hybridized carbons (Fsp3) is 0.562. The SMILES string of the molecule is CC1CCc2ccccc2N1C(=O)CC1CCNC1. The summed E-state index contributed by atoms with van der Waals surface area (Å²) in [5, 5.41) is 3.34. The number of hydrogen-bond donors (Lipinski definition) is 1. The molecule has 0 radical (unpaired) electrons. The number of para-hydroxylation sites is 1. The van der Waals surface area contributed by atoms with E-state index in [4.69, 9.17) is 0 Å². The van der Waals surface area contributed by atoms with Gasteiger partial charge in [-0.2, -0.15) is 0 Å². The van der Waals surface area contributed by atoms with E-state index in [1.807, 2.05) is 11.0 Å². The van der Waals surface area contributed by atoms with Crippen LogP contribution in [0.25, 0.3) is 0 Å². The molecule has 2 aliphatic rings. The molecule has 0 spiro atoms. The second kappa shape index (κ2) is 5.33. The van der Waals surface area contributed by atoms with Crippen LogP contribution < -0.4 is 10.2 Å². The topological polar surface area (TPSA) is 32.3 Å². The van der Waals surface area contributed by atoms with Crippen molar-refractivity contribution in [1.82, 2.24) is 5.32 Å². The molecule has 2 aliphatic heterocycles. The lowest BCUT2D eigenvalue weighted by molar-refractivity contribution is -0.119. The minimum atomic E-state index is 0.299. The minimum Gasteiger partial charge on any atom is -0.316 e. The first-order chi connectivity index (χ1) is 9.25. The summed E-state index contributed by atoms with van der Waals surface area (Å²) in [4.78, 5) is 14.7. The molecular weight excluding hydrogens is 236 g/mol. The molecule has 2 heterocycles. The lowest BCUT2D eigenvalue weighted by Crippen LogP contribution is -2.42. The Balaban J connectivity index is 1.80. The smallest absolute Gasteiger partial charge is 0.227 e. The number of rotatable bonds is 2. The lowest BCUT2D eigenvalue weighted by Gasteiger charge is -2.36. The third kappa shape index (κ3) is 2.52. The molecule has 1 aromatic rings. The fourth-order valence-electron chi connectivity index (χ4n) is 3.30. The molecule has 0 bridgehead atoms. The number of hydrogen-bond acceptors (Lipinski definition) is 2. The highest BCUT2D eigenvalue weighted by Crippen LogP contribution is 2.31. The van der Waals surface area contributed by atoms with E-state index in [2.05, 4.69) is 30.4 Å². The highest BCUT2D eigenvalue weighted by Gasteiger charge is 2.29. The zero-order valence-corrected chi connectivity index (χ0v) is 11.6. The first-order valence-corrected chi connectivity index (χ1v) is 7.36. The Morgan fingerprint density at radius 3 is 3.00 bits per heavy atom. The van der Waals surface area contributed by atoms with E-state index < -0.39 is 0 Å². The van der Waals surface area contributed by atoms with Crippen LogP contribution in [0.15, 0.2) is 24.3 Å². The fourth-order valence-corrected chi connectivity index (χ4v) is 3.30. The summed E-state index contributed by atoms with van der Waals surface area (Å²) in [6, 6.07) is 8.68. The van der Waals surface area contributed by atoms with Crippen LogP contribution in [-0.2, 0) is 11.2 Å². The van der Waals surface area contributed by atoms with Crippen LogP contribution in [0.5, 0.6) is 0 Å². The van der Waals surface area contributed by atoms with Crippen LogP contribution in [0.3, 0.4) is 0 Å². The number of aryl methyl sites for hydroxylation is 1. The van der Waals surface area contributed by atoms with Gasteiger partial charge in [-0.1, -0.05) is 18.2 Å². The highest BCUT2D eigenvalue weighted by molar-refractivity contribution is 5.95. The molecule has 2 unspecified atom stereocenters. The number of fused-ring (bicyclic) bond motifs is 1. The zero-order valence-electron chi connectivity index (χ0n) is 11.6. The molecule has 0 aliphatic carbocycles. The van der Waals surface area contributed by atoms with E-state index in [1.165, 1.54) is 5.56 Å². The molecule has 19 heavy (non-hydrogen) atoms. The Labute approximate surface area is 115 Å². The third-order valence-corrected chi connectivity index (χ3v) is 4.42. The number of carbonyl (C=O) groups excluding carboxylic acids is 1. The van der Waals surface area contributed by atoms with Crippen LogP contribution in [0.1, 0.15) is 31.7 Å². The largest absolute Gasteiger partial charge is 0.316 e. The van der Waals surface area contributed by atoms with E-state index in [0.717, 1.165) is 38.0 Å². The Bertz CT molecular complexity index is 466. The summed E-state index contributed by atoms with van der Waals surface area (Å²) in [5.74, 6) is 0.821. The maximum absolute atomic E-state index is 12.6. The van der Waals surface area contributed by atoms with Crippen molar-refractivity contribution in [3.8, 4) is 0 Å². The van der Waals surface area contributed by atoms with Crippen LogP contribution in [0, 0.1) is 5.92 Å². The van der Waals surface area contributed by atoms with Crippen molar-refractivity contribution in [1.29, 1.82) is 0 Å². The van der Waals surface area contributed by atoms with Gasteiger partial charge in [-0.3, -0.25) is 4.79 Å². The number of benzene rings is 1. The van der Waals surface area contributed by atoms with E-state index in [0.29, 0.717) is 24.3 Å². The summed E-state index contributed by atoms with van der Waals surface area (Å²) in [6.07, 6.45) is 3.99. The minimum absolute atomic E-state index is 0.299. The van der Waals surface area contributed by atoms with Gasteiger partial charge in [-0.15, -0.1) is 0 Å². The van der Waals surface area contributed by atoms with E-state index >= 15 is 0 Å². The zero-order chi connectivity index (χ0) is 13.2. The van der Waals surface area contributed by atoms with Gasteiger partial charge in [-0.05, 0) is 56.8 Å². The number of nitrogens with one attached hydrogen (secondary N) is 1. The van der Waals surface area contributed by atoms with E-state index in [-0.39, 0.29) is 0 Å². The predicted octanol–water partition coefficient (Wildman–Crippen LogP) is 2.35. The molecule has 0 aromatic heterocycles. The summed E-state index contributed by atoms with van der Waals surface area (Å²) in [7, 11) is 0. The highest BCUT2D eigenvalue weighted by atomic mass is 16.2. The summed E-state index contributed by atoms with van der Waals surface area (Å²) in [6.45, 7) is 4.22. The first-order valence-electron chi connectivity index (χ1n) is 7.36. The van der Waals surface area contributed by atoms with Gasteiger partial charge in [-0.25, -0.2) is 0 Å². The van der Waals surface area contributed by atoms with Gasteiger partial charge in [0, 0.05) is 18.2 Å². The Morgan fingerprint density at radius 1 is 1.37 bits per heavy atom. The van der Waals surface area contributed by atoms with Gasteiger partial charge in [0.05, 0.1) is 0 Å². The van der Waals surface area contributed by atoms with Crippen LogP contribution in [-0.4, -0.2) is 25.0 Å². The van der Waals surface area contributed by atoms with Crippen LogP contribution in [0.2, 0.25) is 0 Å². The first kappa shape index (κ1) is 12.7. The van der Waals surface area contributed by atoms with Gasteiger partial charge in [0.1, 0.15) is 0 Å². The van der Waals surface area contributed by atoms with Crippen molar-refractivity contribution in [2.45, 2.75) is 38.6 Å². The second-order valence-electron chi connectivity index (χ2n) is 5.84. The molecule has 1 aromatic carbocycles. The standard InChI is InChI=1S/C16H22N2O/c1-12-6-7-14-4-2-3-5-15(14)18(12)16(19)10-13-8-9-17-11-13/h2-5,12-13,17H,6-11H2,1H3. The number of amides is 1. The molecule has 1 fully saturated rings. The van der Waals surface area contributed by atoms with Crippen molar-refractivity contribution >= 4 is 11.6 Å². The monoisotopic (exact) mass is 258 g/mol. The molecule has 3 rings (SSSR count). The maximum Gasteiger partial charge on any atom is 0.227 e. The molecule has 2 atom stereocenters. The number of anilines is 1. The Morgan fingerprint density at radius 2 is 2.21 bits per heavy atom. The molecular formula is C16H22N2O. The lowest BCUT2D eigenvalue weighted by atomic mass is 9.95. The number of nitrogens with zero attached hydrogens (tertiary/aromatic N) is 1. The van der Waals surface area contributed by atoms with Gasteiger partial charge in [0.2, 0.25) is 5.91 Å². The average molecular weight is 258 g/mol. The van der Waals surface area contributed by atoms with Crippen LogP contribution >= 0.6 is 0 Å². The van der Waals surface area contributed by atoms with Gasteiger partial charge < -0.3 is 10.2 Å². The van der Waals surface area contributed by atoms with Crippen molar-refractivity contribution in [3.05, 3.63) is 29.8 Å². The average Bonchev–Trinajstić information content (AvgIpc) is 2.91. The molecule has 1 saturated heterocycles. The van der Waals surface area contributed by atoms with Crippen molar-refractivity contribution < 1.29 is 4.79 Å². The maximum atomic E-state index is 12.6. The Hall–Kier alpha value is -1.35. The van der Waals surface area contributed by atoms with Crippen molar-refractivity contribution in [2.75, 3.05) is 18.0 Å². The molecule has 3 heteroatoms. The molecule has 3 nitrogen and oxygen atoms in total. The van der Waals surface area contributed by atoms with E-state index in [9.17, 15) is 4.79 Å². The van der Waals surface area contributed by atoms with Gasteiger partial charge in [0.25, 0.3) is 0 Å². The van der Waals surface area contributed by atoms with Crippen molar-refractivity contribution in [3.63, 3.8) is 0 Å². The molecule has 1 N–H and O–H groups in total. The normalized spacial score (nSPS) is 26.3. The molecule has 0 saturated carbocycles. The molecule has 102 valence electrons.